The summed E-state index contributed by atoms with van der Waals surface area (Å²) in [6.07, 6.45) is 1.90. The predicted molar refractivity (Wildman–Crippen MR) is 110 cm³/mol. The first-order chi connectivity index (χ1) is 13.7. The molecule has 1 aromatic rings. The number of methoxy groups -OCH3 is 1. The Morgan fingerprint density at radius 3 is 2.62 bits per heavy atom. The Kier molecular flexibility index (Phi) is 8.27. The zero-order chi connectivity index (χ0) is 21.6. The van der Waals surface area contributed by atoms with Gasteiger partial charge in [-0.05, 0) is 64.8 Å². The van der Waals surface area contributed by atoms with Crippen molar-refractivity contribution in [3.63, 3.8) is 0 Å². The van der Waals surface area contributed by atoms with Crippen molar-refractivity contribution in [3.8, 4) is 5.75 Å². The molecule has 0 saturated carbocycles. The summed E-state index contributed by atoms with van der Waals surface area (Å²) in [5, 5.41) is -0.528. The molecule has 1 heterocycles. The molecule has 1 fully saturated rings. The Hall–Kier alpha value is -2.33. The van der Waals surface area contributed by atoms with Gasteiger partial charge in [-0.15, -0.1) is 0 Å². The molecule has 0 aliphatic carbocycles. The monoisotopic (exact) mass is 485 g/mol. The van der Waals surface area contributed by atoms with E-state index >= 15 is 0 Å². The zero-order valence-corrected chi connectivity index (χ0v) is 18.5. The number of carbonyl (C=O) groups is 4. The minimum absolute atomic E-state index is 0.196. The minimum Gasteiger partial charge on any atom is -0.481 e. The summed E-state index contributed by atoms with van der Waals surface area (Å²) in [7, 11) is 1.26. The molecule has 0 aromatic heterocycles. The molecule has 10 heteroatoms. The van der Waals surface area contributed by atoms with Gasteiger partial charge in [0, 0.05) is 0 Å². The van der Waals surface area contributed by atoms with Gasteiger partial charge in [-0.3, -0.25) is 19.3 Å². The minimum atomic E-state index is -0.627. The van der Waals surface area contributed by atoms with Crippen LogP contribution < -0.4 is 4.74 Å². The summed E-state index contributed by atoms with van der Waals surface area (Å²) >= 11 is 4.09. The summed E-state index contributed by atoms with van der Waals surface area (Å²) in [5.74, 6) is -1.27. The molecular weight excluding hydrogens is 466 g/mol. The summed E-state index contributed by atoms with van der Waals surface area (Å²) in [6, 6.07) is 4.97. The number of amides is 2. The van der Waals surface area contributed by atoms with E-state index in [0.29, 0.717) is 22.2 Å². The molecule has 29 heavy (non-hydrogen) atoms. The highest BCUT2D eigenvalue weighted by atomic mass is 79.9. The van der Waals surface area contributed by atoms with E-state index in [0.717, 1.165) is 16.7 Å². The standard InChI is InChI=1S/C19H20BrNO7S/c1-4-11(2)28-16(22)9-21-18(24)15(29-19(21)25)8-12-5-6-14(13(20)7-12)27-10-17(23)26-3/h5-8,11H,4,9-10H2,1-3H3/b15-8+/t11-/m0/s1. The molecule has 1 aromatic carbocycles. The maximum Gasteiger partial charge on any atom is 0.343 e. The van der Waals surface area contributed by atoms with Crippen LogP contribution in [0.5, 0.6) is 5.75 Å². The number of benzene rings is 1. The van der Waals surface area contributed by atoms with E-state index in [-0.39, 0.29) is 17.6 Å². The molecule has 1 aliphatic rings. The van der Waals surface area contributed by atoms with Gasteiger partial charge in [-0.25, -0.2) is 4.79 Å². The highest BCUT2D eigenvalue weighted by Gasteiger charge is 2.36. The molecule has 0 spiro atoms. The van der Waals surface area contributed by atoms with Gasteiger partial charge in [-0.2, -0.15) is 0 Å². The second kappa shape index (κ2) is 10.4. The van der Waals surface area contributed by atoms with Crippen LogP contribution in [0.15, 0.2) is 27.6 Å². The van der Waals surface area contributed by atoms with Gasteiger partial charge >= 0.3 is 11.9 Å². The fourth-order valence-electron chi connectivity index (χ4n) is 2.18. The van der Waals surface area contributed by atoms with Crippen LogP contribution in [-0.4, -0.2) is 54.4 Å². The maximum atomic E-state index is 12.5. The second-order valence-corrected chi connectivity index (χ2v) is 7.88. The highest BCUT2D eigenvalue weighted by Crippen LogP contribution is 2.33. The molecule has 156 valence electrons. The Bertz CT molecular complexity index is 855. The van der Waals surface area contributed by atoms with Crippen molar-refractivity contribution in [3.05, 3.63) is 33.1 Å². The summed E-state index contributed by atoms with van der Waals surface area (Å²) < 4.78 is 15.5. The lowest BCUT2D eigenvalue weighted by molar-refractivity contribution is -0.150. The number of esters is 2. The number of thioether (sulfide) groups is 1. The van der Waals surface area contributed by atoms with E-state index in [1.807, 2.05) is 6.92 Å². The normalized spacial score (nSPS) is 16.1. The predicted octanol–water partition coefficient (Wildman–Crippen LogP) is 3.38. The van der Waals surface area contributed by atoms with Crippen molar-refractivity contribution in [2.45, 2.75) is 26.4 Å². The molecular formula is C19H20BrNO7S. The van der Waals surface area contributed by atoms with E-state index in [9.17, 15) is 19.2 Å². The largest absolute Gasteiger partial charge is 0.481 e. The van der Waals surface area contributed by atoms with E-state index in [1.54, 1.807) is 31.2 Å². The van der Waals surface area contributed by atoms with Gasteiger partial charge in [-0.1, -0.05) is 13.0 Å². The van der Waals surface area contributed by atoms with E-state index < -0.39 is 29.6 Å². The lowest BCUT2D eigenvalue weighted by Crippen LogP contribution is -2.35. The van der Waals surface area contributed by atoms with E-state index in [4.69, 9.17) is 9.47 Å². The van der Waals surface area contributed by atoms with Crippen molar-refractivity contribution in [1.29, 1.82) is 0 Å². The van der Waals surface area contributed by atoms with Crippen LogP contribution in [0.3, 0.4) is 0 Å². The molecule has 1 atom stereocenters. The summed E-state index contributed by atoms with van der Waals surface area (Å²) in [4.78, 5) is 48.7. The summed E-state index contributed by atoms with van der Waals surface area (Å²) in [6.45, 7) is 2.95. The molecule has 8 nitrogen and oxygen atoms in total. The molecule has 0 bridgehead atoms. The number of halogens is 1. The van der Waals surface area contributed by atoms with Crippen LogP contribution in [0, 0.1) is 0 Å². The van der Waals surface area contributed by atoms with Crippen molar-refractivity contribution in [2.75, 3.05) is 20.3 Å². The average molecular weight is 486 g/mol. The van der Waals surface area contributed by atoms with Crippen LogP contribution in [0.2, 0.25) is 0 Å². The molecule has 1 aliphatic heterocycles. The molecule has 0 N–H and O–H groups in total. The van der Waals surface area contributed by atoms with Gasteiger partial charge < -0.3 is 14.2 Å². The number of hydrogen-bond donors (Lipinski definition) is 0. The Morgan fingerprint density at radius 1 is 1.28 bits per heavy atom. The number of carbonyl (C=O) groups excluding carboxylic acids is 4. The third-order valence-corrected chi connectivity index (χ3v) is 5.42. The first-order valence-electron chi connectivity index (χ1n) is 8.69. The lowest BCUT2D eigenvalue weighted by atomic mass is 10.2. The van der Waals surface area contributed by atoms with Gasteiger partial charge in [0.15, 0.2) is 6.61 Å². The topological polar surface area (TPSA) is 99.2 Å². The number of rotatable bonds is 8. The summed E-state index contributed by atoms with van der Waals surface area (Å²) in [5.41, 5.74) is 0.634. The second-order valence-electron chi connectivity index (χ2n) is 6.03. The van der Waals surface area contributed by atoms with Crippen molar-refractivity contribution >= 4 is 56.9 Å². The molecule has 1 saturated heterocycles. The Morgan fingerprint density at radius 2 is 2.00 bits per heavy atom. The first-order valence-corrected chi connectivity index (χ1v) is 10.3. The number of nitrogens with zero attached hydrogens (tertiary/aromatic N) is 1. The Labute approximate surface area is 180 Å². The fourth-order valence-corrected chi connectivity index (χ4v) is 3.53. The van der Waals surface area contributed by atoms with Crippen molar-refractivity contribution in [1.82, 2.24) is 4.90 Å². The molecule has 0 radical (unpaired) electrons. The first kappa shape index (κ1) is 23.0. The maximum absolute atomic E-state index is 12.5. The average Bonchev–Trinajstić information content (AvgIpc) is 2.94. The van der Waals surface area contributed by atoms with Crippen LogP contribution in [0.4, 0.5) is 4.79 Å². The van der Waals surface area contributed by atoms with Gasteiger partial charge in [0.1, 0.15) is 12.3 Å². The van der Waals surface area contributed by atoms with Crippen LogP contribution in [0.25, 0.3) is 6.08 Å². The van der Waals surface area contributed by atoms with Crippen LogP contribution >= 0.6 is 27.7 Å². The third kappa shape index (κ3) is 6.33. The highest BCUT2D eigenvalue weighted by molar-refractivity contribution is 9.10. The fraction of sp³-hybridized carbons (Fsp3) is 0.368. The lowest BCUT2D eigenvalue weighted by Gasteiger charge is -2.14. The molecule has 0 unspecified atom stereocenters. The zero-order valence-electron chi connectivity index (χ0n) is 16.1. The van der Waals surface area contributed by atoms with Gasteiger partial charge in [0.2, 0.25) is 0 Å². The van der Waals surface area contributed by atoms with Crippen molar-refractivity contribution < 1.29 is 33.4 Å². The number of hydrogen-bond acceptors (Lipinski definition) is 8. The Balaban J connectivity index is 2.07. The third-order valence-electron chi connectivity index (χ3n) is 3.90. The number of ether oxygens (including phenoxy) is 3. The van der Waals surface area contributed by atoms with Crippen molar-refractivity contribution in [2.24, 2.45) is 0 Å². The van der Waals surface area contributed by atoms with Gasteiger partial charge in [0.25, 0.3) is 11.1 Å². The van der Waals surface area contributed by atoms with Crippen LogP contribution in [0.1, 0.15) is 25.8 Å². The van der Waals surface area contributed by atoms with Gasteiger partial charge in [0.05, 0.1) is 22.6 Å². The molecule has 2 rings (SSSR count). The number of imide groups is 1. The van der Waals surface area contributed by atoms with E-state index in [2.05, 4.69) is 20.7 Å². The van der Waals surface area contributed by atoms with Crippen LogP contribution in [-0.2, 0) is 23.9 Å². The molecule has 2 amide bonds. The smallest absolute Gasteiger partial charge is 0.343 e. The SMILES string of the molecule is CC[C@H](C)OC(=O)CN1C(=O)S/C(=C/c2ccc(OCC(=O)OC)c(Br)c2)C1=O. The van der Waals surface area contributed by atoms with E-state index in [1.165, 1.54) is 7.11 Å². The quantitative estimate of drug-likeness (QED) is 0.408.